The SMILES string of the molecule is CCC(CC)NC(=O)Nc1ccc2ccccc2c1. The summed E-state index contributed by atoms with van der Waals surface area (Å²) >= 11 is 0. The zero-order valence-electron chi connectivity index (χ0n) is 11.4. The van der Waals surface area contributed by atoms with E-state index in [4.69, 9.17) is 0 Å². The summed E-state index contributed by atoms with van der Waals surface area (Å²) in [4.78, 5) is 11.9. The van der Waals surface area contributed by atoms with E-state index in [2.05, 4.69) is 30.5 Å². The summed E-state index contributed by atoms with van der Waals surface area (Å²) < 4.78 is 0. The molecule has 0 spiro atoms. The van der Waals surface area contributed by atoms with Gasteiger partial charge in [-0.25, -0.2) is 4.79 Å². The number of benzene rings is 2. The van der Waals surface area contributed by atoms with Crippen LogP contribution in [0.15, 0.2) is 42.5 Å². The van der Waals surface area contributed by atoms with Crippen molar-refractivity contribution < 1.29 is 4.79 Å². The second-order valence-electron chi connectivity index (χ2n) is 4.67. The molecule has 0 unspecified atom stereocenters. The number of carbonyl (C=O) groups is 1. The van der Waals surface area contributed by atoms with Crippen LogP contribution >= 0.6 is 0 Å². The Kier molecular flexibility index (Phi) is 4.39. The Hall–Kier alpha value is -2.03. The highest BCUT2D eigenvalue weighted by atomic mass is 16.2. The van der Waals surface area contributed by atoms with Crippen LogP contribution in [0.4, 0.5) is 10.5 Å². The average molecular weight is 256 g/mol. The summed E-state index contributed by atoms with van der Waals surface area (Å²) in [6.07, 6.45) is 1.89. The highest BCUT2D eigenvalue weighted by molar-refractivity contribution is 5.93. The van der Waals surface area contributed by atoms with Gasteiger partial charge in [0.2, 0.25) is 0 Å². The first kappa shape index (κ1) is 13.4. The maximum atomic E-state index is 11.9. The minimum atomic E-state index is -0.135. The van der Waals surface area contributed by atoms with Crippen molar-refractivity contribution in [1.29, 1.82) is 0 Å². The summed E-state index contributed by atoms with van der Waals surface area (Å²) in [6, 6.07) is 14.1. The van der Waals surface area contributed by atoms with Crippen molar-refractivity contribution >= 4 is 22.5 Å². The molecule has 3 heteroatoms. The van der Waals surface area contributed by atoms with Crippen molar-refractivity contribution in [2.24, 2.45) is 0 Å². The minimum absolute atomic E-state index is 0.135. The highest BCUT2D eigenvalue weighted by Gasteiger charge is 2.08. The van der Waals surface area contributed by atoms with Crippen molar-refractivity contribution in [1.82, 2.24) is 5.32 Å². The van der Waals surface area contributed by atoms with Crippen molar-refractivity contribution in [2.45, 2.75) is 32.7 Å². The topological polar surface area (TPSA) is 41.1 Å². The average Bonchev–Trinajstić information content (AvgIpc) is 2.44. The molecule has 0 bridgehead atoms. The molecular formula is C16H20N2O. The zero-order chi connectivity index (χ0) is 13.7. The van der Waals surface area contributed by atoms with Crippen LogP contribution < -0.4 is 10.6 Å². The quantitative estimate of drug-likeness (QED) is 0.847. The summed E-state index contributed by atoms with van der Waals surface area (Å²) in [5, 5.41) is 8.15. The molecule has 3 nitrogen and oxygen atoms in total. The van der Waals surface area contributed by atoms with Gasteiger partial charge in [0, 0.05) is 11.7 Å². The number of hydrogen-bond acceptors (Lipinski definition) is 1. The molecule has 0 aliphatic rings. The molecule has 2 N–H and O–H groups in total. The van der Waals surface area contributed by atoms with Gasteiger partial charge in [0.05, 0.1) is 0 Å². The lowest BCUT2D eigenvalue weighted by atomic mass is 10.1. The maximum absolute atomic E-state index is 11.9. The number of amides is 2. The normalized spacial score (nSPS) is 10.7. The zero-order valence-corrected chi connectivity index (χ0v) is 11.4. The van der Waals surface area contributed by atoms with Crippen LogP contribution in [0.25, 0.3) is 10.8 Å². The second kappa shape index (κ2) is 6.23. The lowest BCUT2D eigenvalue weighted by Crippen LogP contribution is -2.37. The molecule has 0 fully saturated rings. The molecular weight excluding hydrogens is 236 g/mol. The van der Waals surface area contributed by atoms with Crippen LogP contribution in [0.3, 0.4) is 0 Å². The monoisotopic (exact) mass is 256 g/mol. The molecule has 0 aliphatic heterocycles. The number of carbonyl (C=O) groups excluding carboxylic acids is 1. The van der Waals surface area contributed by atoms with Crippen molar-refractivity contribution in [3.05, 3.63) is 42.5 Å². The van der Waals surface area contributed by atoms with E-state index in [0.29, 0.717) is 0 Å². The standard InChI is InChI=1S/C16H20N2O/c1-3-14(4-2)17-16(19)18-15-10-9-12-7-5-6-8-13(12)11-15/h5-11,14H,3-4H2,1-2H3,(H2,17,18,19). The maximum Gasteiger partial charge on any atom is 0.319 e. The first-order valence-corrected chi connectivity index (χ1v) is 6.79. The fourth-order valence-electron chi connectivity index (χ4n) is 2.11. The summed E-state index contributed by atoms with van der Waals surface area (Å²) in [6.45, 7) is 4.15. The molecule has 0 saturated carbocycles. The first-order valence-electron chi connectivity index (χ1n) is 6.79. The Balaban J connectivity index is 2.06. The molecule has 0 saturated heterocycles. The van der Waals surface area contributed by atoms with Crippen LogP contribution in [0, 0.1) is 0 Å². The van der Waals surface area contributed by atoms with Gasteiger partial charge in [-0.05, 0) is 35.7 Å². The van der Waals surface area contributed by atoms with Gasteiger partial charge in [-0.3, -0.25) is 0 Å². The predicted molar refractivity (Wildman–Crippen MR) is 80.5 cm³/mol. The van der Waals surface area contributed by atoms with Crippen LogP contribution in [0.5, 0.6) is 0 Å². The number of urea groups is 1. The fraction of sp³-hybridized carbons (Fsp3) is 0.312. The Bertz CT molecular complexity index is 561. The molecule has 0 heterocycles. The first-order chi connectivity index (χ1) is 9.22. The third kappa shape index (κ3) is 3.47. The van der Waals surface area contributed by atoms with E-state index in [1.165, 1.54) is 5.39 Å². The molecule has 19 heavy (non-hydrogen) atoms. The van der Waals surface area contributed by atoms with Gasteiger partial charge in [-0.2, -0.15) is 0 Å². The van der Waals surface area contributed by atoms with E-state index in [0.717, 1.165) is 23.9 Å². The van der Waals surface area contributed by atoms with Crippen LogP contribution in [-0.4, -0.2) is 12.1 Å². The lowest BCUT2D eigenvalue weighted by molar-refractivity contribution is 0.247. The van der Waals surface area contributed by atoms with E-state index in [-0.39, 0.29) is 12.1 Å². The van der Waals surface area contributed by atoms with Gasteiger partial charge in [-0.15, -0.1) is 0 Å². The molecule has 100 valence electrons. The molecule has 0 atom stereocenters. The van der Waals surface area contributed by atoms with Crippen LogP contribution in [0.1, 0.15) is 26.7 Å². The van der Waals surface area contributed by atoms with Crippen molar-refractivity contribution in [3.63, 3.8) is 0 Å². The van der Waals surface area contributed by atoms with E-state index >= 15 is 0 Å². The number of hydrogen-bond donors (Lipinski definition) is 2. The predicted octanol–water partition coefficient (Wildman–Crippen LogP) is 4.15. The van der Waals surface area contributed by atoms with E-state index in [1.807, 2.05) is 36.4 Å². The number of fused-ring (bicyclic) bond motifs is 1. The van der Waals surface area contributed by atoms with Gasteiger partial charge in [0.1, 0.15) is 0 Å². The molecule has 0 radical (unpaired) electrons. The lowest BCUT2D eigenvalue weighted by Gasteiger charge is -2.15. The van der Waals surface area contributed by atoms with Gasteiger partial charge >= 0.3 is 6.03 Å². The number of anilines is 1. The molecule has 2 aromatic rings. The smallest absolute Gasteiger partial charge is 0.319 e. The van der Waals surface area contributed by atoms with Gasteiger partial charge in [0.15, 0.2) is 0 Å². The molecule has 2 aromatic carbocycles. The second-order valence-corrected chi connectivity index (χ2v) is 4.67. The Labute approximate surface area is 114 Å². The van der Waals surface area contributed by atoms with Crippen molar-refractivity contribution in [3.8, 4) is 0 Å². The summed E-state index contributed by atoms with van der Waals surface area (Å²) in [5.41, 5.74) is 0.821. The van der Waals surface area contributed by atoms with E-state index in [9.17, 15) is 4.79 Å². The van der Waals surface area contributed by atoms with Gasteiger partial charge < -0.3 is 10.6 Å². The molecule has 2 amide bonds. The number of nitrogens with one attached hydrogen (secondary N) is 2. The van der Waals surface area contributed by atoms with E-state index < -0.39 is 0 Å². The van der Waals surface area contributed by atoms with Gasteiger partial charge in [-0.1, -0.05) is 44.2 Å². The van der Waals surface area contributed by atoms with Crippen LogP contribution in [-0.2, 0) is 0 Å². The summed E-state index contributed by atoms with van der Waals surface area (Å²) in [5.74, 6) is 0. The third-order valence-electron chi connectivity index (χ3n) is 3.33. The van der Waals surface area contributed by atoms with Crippen LogP contribution in [0.2, 0.25) is 0 Å². The molecule has 0 aromatic heterocycles. The Morgan fingerprint density at radius 2 is 1.74 bits per heavy atom. The number of rotatable bonds is 4. The molecule has 2 rings (SSSR count). The molecule has 0 aliphatic carbocycles. The Morgan fingerprint density at radius 3 is 2.42 bits per heavy atom. The fourth-order valence-corrected chi connectivity index (χ4v) is 2.11. The van der Waals surface area contributed by atoms with Gasteiger partial charge in [0.25, 0.3) is 0 Å². The van der Waals surface area contributed by atoms with E-state index in [1.54, 1.807) is 0 Å². The summed E-state index contributed by atoms with van der Waals surface area (Å²) in [7, 11) is 0. The highest BCUT2D eigenvalue weighted by Crippen LogP contribution is 2.18. The third-order valence-corrected chi connectivity index (χ3v) is 3.33. The van der Waals surface area contributed by atoms with Crippen molar-refractivity contribution in [2.75, 3.05) is 5.32 Å². The largest absolute Gasteiger partial charge is 0.335 e. The minimum Gasteiger partial charge on any atom is -0.335 e. The Morgan fingerprint density at radius 1 is 1.05 bits per heavy atom.